The van der Waals surface area contributed by atoms with Crippen molar-refractivity contribution in [1.29, 1.82) is 0 Å². The first-order chi connectivity index (χ1) is 5.19. The zero-order chi connectivity index (χ0) is 9.99. The lowest BCUT2D eigenvalue weighted by molar-refractivity contribution is 0.0385. The van der Waals surface area contributed by atoms with E-state index in [-0.39, 0.29) is 0 Å². The van der Waals surface area contributed by atoms with E-state index in [4.69, 9.17) is 4.74 Å². The molecular formula is C9H22O2Si. The standard InChI is InChI=1S/C9H22O2Si/c1-9(2,10)8(7-11-3)12(4,5)6/h8,10H,7H2,1-6H3. The summed E-state index contributed by atoms with van der Waals surface area (Å²) in [6.07, 6.45) is 0. The summed E-state index contributed by atoms with van der Waals surface area (Å²) in [5.41, 5.74) is -0.310. The van der Waals surface area contributed by atoms with Crippen LogP contribution in [-0.4, -0.2) is 32.5 Å². The first-order valence-corrected chi connectivity index (χ1v) is 7.98. The summed E-state index contributed by atoms with van der Waals surface area (Å²) in [5, 5.41) is 9.90. The Bertz CT molecular complexity index is 118. The van der Waals surface area contributed by atoms with Gasteiger partial charge in [0.2, 0.25) is 0 Å². The fourth-order valence-corrected chi connectivity index (χ4v) is 4.47. The van der Waals surface area contributed by atoms with E-state index in [0.29, 0.717) is 12.1 Å². The molecule has 0 aliphatic rings. The summed E-state index contributed by atoms with van der Waals surface area (Å²) in [6, 6.07) is 0. The molecule has 0 aromatic carbocycles. The summed E-state index contributed by atoms with van der Waals surface area (Å²) in [5.74, 6) is 0. The molecule has 1 atom stereocenters. The van der Waals surface area contributed by atoms with Crippen LogP contribution in [0.25, 0.3) is 0 Å². The summed E-state index contributed by atoms with van der Waals surface area (Å²) in [6.45, 7) is 11.2. The van der Waals surface area contributed by atoms with Crippen LogP contribution in [0.5, 0.6) is 0 Å². The number of aliphatic hydroxyl groups is 1. The molecule has 0 heterocycles. The molecule has 74 valence electrons. The van der Waals surface area contributed by atoms with E-state index >= 15 is 0 Å². The van der Waals surface area contributed by atoms with Crippen molar-refractivity contribution in [2.45, 2.75) is 44.6 Å². The topological polar surface area (TPSA) is 29.5 Å². The average molecular weight is 190 g/mol. The van der Waals surface area contributed by atoms with Crippen molar-refractivity contribution in [3.05, 3.63) is 0 Å². The number of ether oxygens (including phenoxy) is 1. The summed E-state index contributed by atoms with van der Waals surface area (Å²) < 4.78 is 5.13. The van der Waals surface area contributed by atoms with Crippen molar-refractivity contribution in [3.63, 3.8) is 0 Å². The summed E-state index contributed by atoms with van der Waals surface area (Å²) in [7, 11) is 0.375. The lowest BCUT2D eigenvalue weighted by Crippen LogP contribution is -2.44. The molecule has 0 aromatic rings. The van der Waals surface area contributed by atoms with Crippen LogP contribution in [0.3, 0.4) is 0 Å². The second-order valence-corrected chi connectivity index (χ2v) is 10.5. The lowest BCUT2D eigenvalue weighted by atomic mass is 10.1. The smallest absolute Gasteiger partial charge is 0.0617 e. The van der Waals surface area contributed by atoms with Crippen LogP contribution in [0.2, 0.25) is 25.2 Å². The minimum Gasteiger partial charge on any atom is -0.390 e. The molecule has 0 saturated carbocycles. The van der Waals surface area contributed by atoms with Gasteiger partial charge in [-0.3, -0.25) is 0 Å². The quantitative estimate of drug-likeness (QED) is 0.688. The normalized spacial score (nSPS) is 16.2. The highest BCUT2D eigenvalue weighted by atomic mass is 28.3. The van der Waals surface area contributed by atoms with E-state index in [1.54, 1.807) is 7.11 Å². The first kappa shape index (κ1) is 12.1. The van der Waals surface area contributed by atoms with E-state index < -0.39 is 13.7 Å². The minimum absolute atomic E-state index is 0.301. The Morgan fingerprint density at radius 3 is 1.83 bits per heavy atom. The van der Waals surface area contributed by atoms with Gasteiger partial charge in [-0.1, -0.05) is 19.6 Å². The van der Waals surface area contributed by atoms with E-state index in [9.17, 15) is 5.11 Å². The number of rotatable bonds is 4. The lowest BCUT2D eigenvalue weighted by Gasteiger charge is -2.37. The molecular weight excluding hydrogens is 168 g/mol. The zero-order valence-electron chi connectivity index (χ0n) is 9.14. The Balaban J connectivity index is 4.45. The second kappa shape index (κ2) is 3.90. The third-order valence-electron chi connectivity index (χ3n) is 2.23. The van der Waals surface area contributed by atoms with Crippen LogP contribution in [0.1, 0.15) is 13.8 Å². The SMILES string of the molecule is COCC(C(C)(C)O)[Si](C)(C)C. The van der Waals surface area contributed by atoms with Gasteiger partial charge in [0, 0.05) is 19.3 Å². The molecule has 1 unspecified atom stereocenters. The Morgan fingerprint density at radius 2 is 1.75 bits per heavy atom. The maximum absolute atomic E-state index is 9.90. The summed E-state index contributed by atoms with van der Waals surface area (Å²) in [4.78, 5) is 0. The molecule has 12 heavy (non-hydrogen) atoms. The van der Waals surface area contributed by atoms with Crippen LogP contribution >= 0.6 is 0 Å². The molecule has 0 aromatic heterocycles. The molecule has 0 spiro atoms. The third-order valence-corrected chi connectivity index (χ3v) is 5.20. The van der Waals surface area contributed by atoms with Crippen LogP contribution in [0.15, 0.2) is 0 Å². The predicted octanol–water partition coefficient (Wildman–Crippen LogP) is 2.11. The zero-order valence-corrected chi connectivity index (χ0v) is 10.1. The summed E-state index contributed by atoms with van der Waals surface area (Å²) >= 11 is 0. The minimum atomic E-state index is -1.32. The number of hydrogen-bond acceptors (Lipinski definition) is 2. The van der Waals surface area contributed by atoms with Gasteiger partial charge in [0.05, 0.1) is 13.7 Å². The third kappa shape index (κ3) is 3.69. The van der Waals surface area contributed by atoms with Crippen molar-refractivity contribution >= 4 is 8.07 Å². The van der Waals surface area contributed by atoms with Gasteiger partial charge in [-0.05, 0) is 13.8 Å². The highest BCUT2D eigenvalue weighted by Crippen LogP contribution is 2.32. The van der Waals surface area contributed by atoms with Crippen LogP contribution in [0, 0.1) is 0 Å². The van der Waals surface area contributed by atoms with E-state index in [0.717, 1.165) is 0 Å². The van der Waals surface area contributed by atoms with Gasteiger partial charge in [-0.25, -0.2) is 0 Å². The highest BCUT2D eigenvalue weighted by Gasteiger charge is 2.37. The molecule has 0 radical (unpaired) electrons. The van der Waals surface area contributed by atoms with Crippen molar-refractivity contribution in [1.82, 2.24) is 0 Å². The average Bonchev–Trinajstić information content (AvgIpc) is 1.77. The fourth-order valence-electron chi connectivity index (χ4n) is 1.68. The molecule has 2 nitrogen and oxygen atoms in total. The van der Waals surface area contributed by atoms with Gasteiger partial charge >= 0.3 is 0 Å². The van der Waals surface area contributed by atoms with Crippen LogP contribution in [-0.2, 0) is 4.74 Å². The molecule has 0 aliphatic heterocycles. The van der Waals surface area contributed by atoms with Gasteiger partial charge in [-0.15, -0.1) is 0 Å². The van der Waals surface area contributed by atoms with E-state index in [1.165, 1.54) is 0 Å². The largest absolute Gasteiger partial charge is 0.390 e. The Labute approximate surface area is 76.9 Å². The van der Waals surface area contributed by atoms with E-state index in [2.05, 4.69) is 19.6 Å². The molecule has 1 N–H and O–H groups in total. The first-order valence-electron chi connectivity index (χ1n) is 4.41. The molecule has 0 amide bonds. The van der Waals surface area contributed by atoms with Crippen molar-refractivity contribution in [2.75, 3.05) is 13.7 Å². The van der Waals surface area contributed by atoms with Gasteiger partial charge in [0.1, 0.15) is 0 Å². The van der Waals surface area contributed by atoms with Crippen molar-refractivity contribution in [2.24, 2.45) is 0 Å². The van der Waals surface area contributed by atoms with Gasteiger partial charge in [0.15, 0.2) is 0 Å². The van der Waals surface area contributed by atoms with Gasteiger partial charge in [-0.2, -0.15) is 0 Å². The van der Waals surface area contributed by atoms with Gasteiger partial charge in [0.25, 0.3) is 0 Å². The molecule has 0 bridgehead atoms. The van der Waals surface area contributed by atoms with Crippen molar-refractivity contribution < 1.29 is 9.84 Å². The maximum atomic E-state index is 9.90. The van der Waals surface area contributed by atoms with Crippen molar-refractivity contribution in [3.8, 4) is 0 Å². The monoisotopic (exact) mass is 190 g/mol. The highest BCUT2D eigenvalue weighted by molar-refractivity contribution is 6.77. The number of hydrogen-bond donors (Lipinski definition) is 1. The number of methoxy groups -OCH3 is 1. The molecule has 0 fully saturated rings. The Kier molecular flexibility index (Phi) is 3.94. The van der Waals surface area contributed by atoms with E-state index in [1.807, 2.05) is 13.8 Å². The van der Waals surface area contributed by atoms with Crippen LogP contribution in [0.4, 0.5) is 0 Å². The molecule has 0 rings (SSSR count). The molecule has 3 heteroatoms. The predicted molar refractivity (Wildman–Crippen MR) is 55.3 cm³/mol. The van der Waals surface area contributed by atoms with Crippen LogP contribution < -0.4 is 0 Å². The maximum Gasteiger partial charge on any atom is 0.0617 e. The Morgan fingerprint density at radius 1 is 1.33 bits per heavy atom. The molecule has 0 saturated heterocycles. The molecule has 0 aliphatic carbocycles. The Hall–Kier alpha value is 0.137. The fraction of sp³-hybridized carbons (Fsp3) is 1.00. The second-order valence-electron chi connectivity index (χ2n) is 5.03. The van der Waals surface area contributed by atoms with Gasteiger partial charge < -0.3 is 9.84 Å².